The van der Waals surface area contributed by atoms with E-state index in [0.717, 1.165) is 29.6 Å². The van der Waals surface area contributed by atoms with Gasteiger partial charge in [-0.2, -0.15) is 0 Å². The molecule has 68 valence electrons. The molecule has 12 heavy (non-hydrogen) atoms. The van der Waals surface area contributed by atoms with E-state index in [-0.39, 0.29) is 6.10 Å². The minimum absolute atomic E-state index is 0.133. The maximum Gasteiger partial charge on any atom is 0.196 e. The average molecular weight is 170 g/mol. The predicted molar refractivity (Wildman–Crippen MR) is 45.2 cm³/mol. The third-order valence-electron chi connectivity index (χ3n) is 2.96. The minimum Gasteiger partial charge on any atom is -0.456 e. The van der Waals surface area contributed by atoms with Crippen molar-refractivity contribution < 1.29 is 14.3 Å². The van der Waals surface area contributed by atoms with Crippen molar-refractivity contribution in [1.29, 1.82) is 0 Å². The number of likely N-dealkylation sites (N-methyl/N-ethyl adjacent to an activating group) is 1. The second-order valence-electron chi connectivity index (χ2n) is 4.33. The molecule has 0 aromatic heterocycles. The van der Waals surface area contributed by atoms with Gasteiger partial charge in [-0.1, -0.05) is 0 Å². The topological polar surface area (TPSA) is 32.8 Å². The highest BCUT2D eigenvalue weighted by Gasteiger charge is 2.42. The van der Waals surface area contributed by atoms with E-state index in [2.05, 4.69) is 14.1 Å². The van der Waals surface area contributed by atoms with Crippen molar-refractivity contribution in [3.05, 3.63) is 12.0 Å². The molecule has 2 rings (SSSR count). The highest BCUT2D eigenvalue weighted by Crippen LogP contribution is 2.33. The van der Waals surface area contributed by atoms with E-state index in [9.17, 15) is 5.11 Å². The Morgan fingerprint density at radius 1 is 1.58 bits per heavy atom. The molecule has 0 amide bonds. The average Bonchev–Trinajstić information content (AvgIpc) is 2.77. The lowest BCUT2D eigenvalue weighted by atomic mass is 9.97. The molecule has 2 aliphatic heterocycles. The minimum atomic E-state index is -0.133. The number of rotatable bonds is 1. The Balaban J connectivity index is 2.09. The van der Waals surface area contributed by atoms with Crippen LogP contribution < -0.4 is 0 Å². The van der Waals surface area contributed by atoms with Gasteiger partial charge < -0.3 is 14.3 Å². The number of hydrogen-bond acceptors (Lipinski definition) is 2. The van der Waals surface area contributed by atoms with Gasteiger partial charge in [0.25, 0.3) is 0 Å². The van der Waals surface area contributed by atoms with Gasteiger partial charge in [0.15, 0.2) is 11.8 Å². The van der Waals surface area contributed by atoms with Crippen LogP contribution in [0.25, 0.3) is 0 Å². The summed E-state index contributed by atoms with van der Waals surface area (Å²) in [6.45, 7) is 1.03. The summed E-state index contributed by atoms with van der Waals surface area (Å²) in [4.78, 5) is 0. The Morgan fingerprint density at radius 2 is 2.25 bits per heavy atom. The number of likely N-dealkylation sites (tertiary alicyclic amines) is 1. The second kappa shape index (κ2) is 2.47. The van der Waals surface area contributed by atoms with Crippen LogP contribution in [0.5, 0.6) is 0 Å². The summed E-state index contributed by atoms with van der Waals surface area (Å²) in [6.07, 6.45) is 3.42. The molecule has 2 atom stereocenters. The van der Waals surface area contributed by atoms with Gasteiger partial charge in [0.05, 0.1) is 26.7 Å². The standard InChI is InChI=1S/C9H16NO2/c1-10(2)4-3-7(11)5-8(10)9-6-12-9/h6-8,11H,3-5H2,1-2H3/q+1/t7-,8?/m1/s1. The first-order valence-corrected chi connectivity index (χ1v) is 4.47. The van der Waals surface area contributed by atoms with Crippen LogP contribution in [0.4, 0.5) is 0 Å². The fraction of sp³-hybridized carbons (Fsp3) is 0.778. The van der Waals surface area contributed by atoms with Gasteiger partial charge in [0.2, 0.25) is 0 Å². The first-order valence-electron chi connectivity index (χ1n) is 4.47. The summed E-state index contributed by atoms with van der Waals surface area (Å²) in [5, 5.41) is 9.50. The molecule has 3 heteroatoms. The van der Waals surface area contributed by atoms with E-state index in [4.69, 9.17) is 4.74 Å². The number of nitrogens with zero attached hydrogens (tertiary/aromatic N) is 1. The van der Waals surface area contributed by atoms with Crippen molar-refractivity contribution in [1.82, 2.24) is 0 Å². The quantitative estimate of drug-likeness (QED) is 0.580. The molecule has 3 nitrogen and oxygen atoms in total. The van der Waals surface area contributed by atoms with Gasteiger partial charge in [-0.3, -0.25) is 0 Å². The van der Waals surface area contributed by atoms with Crippen LogP contribution in [0.2, 0.25) is 0 Å². The summed E-state index contributed by atoms with van der Waals surface area (Å²) in [6, 6.07) is 0.383. The molecule has 0 aromatic carbocycles. The molecule has 0 aliphatic carbocycles. The smallest absolute Gasteiger partial charge is 0.196 e. The molecule has 1 fully saturated rings. The van der Waals surface area contributed by atoms with E-state index < -0.39 is 0 Å². The molecule has 1 N–H and O–H groups in total. The summed E-state index contributed by atoms with van der Waals surface area (Å²) >= 11 is 0. The third kappa shape index (κ3) is 1.34. The predicted octanol–water partition coefficient (Wildman–Crippen LogP) is 0.458. The van der Waals surface area contributed by atoms with Crippen molar-refractivity contribution in [2.75, 3.05) is 20.6 Å². The van der Waals surface area contributed by atoms with Gasteiger partial charge in [-0.05, 0) is 0 Å². The Hall–Kier alpha value is -0.540. The molecule has 0 spiro atoms. The SMILES string of the molecule is C[N+]1(C)CC[C@@H](O)CC1C1=CO1. The Bertz CT molecular complexity index is 223. The van der Waals surface area contributed by atoms with Gasteiger partial charge in [-0.15, -0.1) is 0 Å². The molecule has 1 saturated heterocycles. The van der Waals surface area contributed by atoms with E-state index in [1.54, 1.807) is 6.26 Å². The lowest BCUT2D eigenvalue weighted by molar-refractivity contribution is -0.916. The van der Waals surface area contributed by atoms with Crippen molar-refractivity contribution >= 4 is 0 Å². The molecule has 2 aliphatic rings. The lowest BCUT2D eigenvalue weighted by Crippen LogP contribution is -2.54. The maximum absolute atomic E-state index is 9.50. The molecule has 0 bridgehead atoms. The van der Waals surface area contributed by atoms with E-state index in [1.165, 1.54) is 0 Å². The van der Waals surface area contributed by atoms with Crippen LogP contribution in [0, 0.1) is 0 Å². The van der Waals surface area contributed by atoms with Gasteiger partial charge in [-0.25, -0.2) is 0 Å². The van der Waals surface area contributed by atoms with Crippen LogP contribution >= 0.6 is 0 Å². The third-order valence-corrected chi connectivity index (χ3v) is 2.96. The number of aliphatic hydroxyl groups is 1. The first-order chi connectivity index (χ1) is 5.59. The molecule has 0 aromatic rings. The number of hydrogen-bond donors (Lipinski definition) is 1. The number of ether oxygens (including phenoxy) is 1. The van der Waals surface area contributed by atoms with Gasteiger partial charge in [0, 0.05) is 12.8 Å². The molecular weight excluding hydrogens is 154 g/mol. The van der Waals surface area contributed by atoms with Crippen LogP contribution in [-0.2, 0) is 4.74 Å². The van der Waals surface area contributed by atoms with Gasteiger partial charge >= 0.3 is 0 Å². The highest BCUT2D eigenvalue weighted by molar-refractivity contribution is 5.10. The molecule has 0 saturated carbocycles. The number of aliphatic hydroxyl groups excluding tert-OH is 1. The van der Waals surface area contributed by atoms with E-state index in [0.29, 0.717) is 6.04 Å². The Labute approximate surface area is 72.8 Å². The zero-order valence-corrected chi connectivity index (χ0v) is 7.66. The van der Waals surface area contributed by atoms with Crippen LogP contribution in [0.3, 0.4) is 0 Å². The van der Waals surface area contributed by atoms with Crippen LogP contribution in [0.15, 0.2) is 12.0 Å². The lowest BCUT2D eigenvalue weighted by Gasteiger charge is -2.41. The Kier molecular flexibility index (Phi) is 1.66. The Morgan fingerprint density at radius 3 is 2.83 bits per heavy atom. The number of piperidine rings is 1. The summed E-state index contributed by atoms with van der Waals surface area (Å²) < 4.78 is 6.04. The molecule has 0 radical (unpaired) electrons. The highest BCUT2D eigenvalue weighted by atomic mass is 16.5. The largest absolute Gasteiger partial charge is 0.456 e. The first kappa shape index (κ1) is 8.08. The second-order valence-corrected chi connectivity index (χ2v) is 4.33. The molecular formula is C9H16NO2+. The van der Waals surface area contributed by atoms with Crippen LogP contribution in [0.1, 0.15) is 12.8 Å². The normalized spacial score (nSPS) is 38.4. The fourth-order valence-electron chi connectivity index (χ4n) is 1.95. The van der Waals surface area contributed by atoms with Crippen molar-refractivity contribution in [2.24, 2.45) is 0 Å². The van der Waals surface area contributed by atoms with Crippen molar-refractivity contribution in [2.45, 2.75) is 25.0 Å². The zero-order valence-electron chi connectivity index (χ0n) is 7.66. The van der Waals surface area contributed by atoms with Crippen LogP contribution in [-0.4, -0.2) is 42.4 Å². The fourth-order valence-corrected chi connectivity index (χ4v) is 1.95. The van der Waals surface area contributed by atoms with Crippen molar-refractivity contribution in [3.63, 3.8) is 0 Å². The summed E-state index contributed by atoms with van der Waals surface area (Å²) in [7, 11) is 4.39. The monoisotopic (exact) mass is 170 g/mol. The number of quaternary nitrogens is 1. The van der Waals surface area contributed by atoms with E-state index >= 15 is 0 Å². The van der Waals surface area contributed by atoms with E-state index in [1.807, 2.05) is 0 Å². The maximum atomic E-state index is 9.50. The summed E-state index contributed by atoms with van der Waals surface area (Å²) in [5.74, 6) is 1.07. The zero-order chi connectivity index (χ0) is 8.77. The van der Waals surface area contributed by atoms with Gasteiger partial charge in [0.1, 0.15) is 6.26 Å². The summed E-state index contributed by atoms with van der Waals surface area (Å²) in [5.41, 5.74) is 0. The molecule has 1 unspecified atom stereocenters. The molecule has 2 heterocycles. The van der Waals surface area contributed by atoms with Crippen molar-refractivity contribution in [3.8, 4) is 0 Å².